The molecular formula is C22H22FNO3. The van der Waals surface area contributed by atoms with E-state index < -0.39 is 0 Å². The van der Waals surface area contributed by atoms with Gasteiger partial charge in [0, 0.05) is 13.6 Å². The average molecular weight is 367 g/mol. The minimum Gasteiger partial charge on any atom is -0.486 e. The van der Waals surface area contributed by atoms with E-state index in [1.807, 2.05) is 12.1 Å². The van der Waals surface area contributed by atoms with Gasteiger partial charge < -0.3 is 14.1 Å². The summed E-state index contributed by atoms with van der Waals surface area (Å²) in [5, 5.41) is 0. The molecule has 0 unspecified atom stereocenters. The third-order valence-corrected chi connectivity index (χ3v) is 4.26. The van der Waals surface area contributed by atoms with Crippen LogP contribution in [0.4, 0.5) is 4.39 Å². The number of hydrogen-bond donors (Lipinski definition) is 0. The van der Waals surface area contributed by atoms with E-state index in [-0.39, 0.29) is 24.1 Å². The number of amides is 1. The van der Waals surface area contributed by atoms with Crippen molar-refractivity contribution in [1.82, 2.24) is 4.90 Å². The summed E-state index contributed by atoms with van der Waals surface area (Å²) in [6, 6.07) is 17.3. The molecule has 0 saturated carbocycles. The van der Waals surface area contributed by atoms with Gasteiger partial charge in [0.1, 0.15) is 23.9 Å². The van der Waals surface area contributed by atoms with Gasteiger partial charge in [-0.15, -0.1) is 0 Å². The maximum absolute atomic E-state index is 12.9. The van der Waals surface area contributed by atoms with Crippen molar-refractivity contribution in [2.75, 3.05) is 7.05 Å². The highest BCUT2D eigenvalue weighted by Crippen LogP contribution is 2.17. The molecule has 1 heterocycles. The van der Waals surface area contributed by atoms with Crippen LogP contribution in [0.15, 0.2) is 65.1 Å². The topological polar surface area (TPSA) is 42.7 Å². The molecule has 1 amide bonds. The zero-order valence-corrected chi connectivity index (χ0v) is 15.4. The fourth-order valence-corrected chi connectivity index (χ4v) is 2.67. The summed E-state index contributed by atoms with van der Waals surface area (Å²) in [4.78, 5) is 14.2. The predicted octanol–water partition coefficient (Wildman–Crippen LogP) is 4.83. The second-order valence-electron chi connectivity index (χ2n) is 6.34. The molecule has 0 fully saturated rings. The lowest BCUT2D eigenvalue weighted by Crippen LogP contribution is -2.25. The van der Waals surface area contributed by atoms with Gasteiger partial charge >= 0.3 is 0 Å². The molecule has 1 aromatic heterocycles. The maximum atomic E-state index is 12.9. The lowest BCUT2D eigenvalue weighted by atomic mass is 10.1. The van der Waals surface area contributed by atoms with Crippen molar-refractivity contribution >= 4 is 5.91 Å². The number of hydrogen-bond acceptors (Lipinski definition) is 3. The number of rotatable bonds is 7. The Morgan fingerprint density at radius 2 is 1.67 bits per heavy atom. The van der Waals surface area contributed by atoms with Crippen molar-refractivity contribution < 1.29 is 18.3 Å². The Bertz CT molecular complexity index is 885. The number of carbonyl (C=O) groups excluding carboxylic acids is 1. The molecule has 4 nitrogen and oxygen atoms in total. The fraction of sp³-hybridized carbons (Fsp3) is 0.227. The van der Waals surface area contributed by atoms with Crippen LogP contribution >= 0.6 is 0 Å². The van der Waals surface area contributed by atoms with Crippen LogP contribution in [0.1, 0.15) is 34.4 Å². The normalized spacial score (nSPS) is 10.6. The molecule has 140 valence electrons. The van der Waals surface area contributed by atoms with Crippen LogP contribution in [-0.4, -0.2) is 17.9 Å². The smallest absolute Gasteiger partial charge is 0.289 e. The van der Waals surface area contributed by atoms with Crippen LogP contribution in [0, 0.1) is 5.82 Å². The zero-order valence-electron chi connectivity index (χ0n) is 15.4. The summed E-state index contributed by atoms with van der Waals surface area (Å²) in [7, 11) is 1.74. The van der Waals surface area contributed by atoms with Crippen LogP contribution in [0.3, 0.4) is 0 Å². The Labute approximate surface area is 158 Å². The Kier molecular flexibility index (Phi) is 5.91. The molecule has 0 atom stereocenters. The molecule has 0 saturated heterocycles. The molecule has 5 heteroatoms. The lowest BCUT2D eigenvalue weighted by molar-refractivity contribution is 0.0749. The third-order valence-electron chi connectivity index (χ3n) is 4.26. The van der Waals surface area contributed by atoms with Crippen LogP contribution in [0.5, 0.6) is 5.75 Å². The van der Waals surface area contributed by atoms with E-state index in [9.17, 15) is 9.18 Å². The van der Waals surface area contributed by atoms with E-state index in [4.69, 9.17) is 9.15 Å². The van der Waals surface area contributed by atoms with E-state index in [1.54, 1.807) is 36.2 Å². The molecule has 0 N–H and O–H groups in total. The highest BCUT2D eigenvalue weighted by Gasteiger charge is 2.16. The molecular weight excluding hydrogens is 345 g/mol. The summed E-state index contributed by atoms with van der Waals surface area (Å²) < 4.78 is 24.0. The van der Waals surface area contributed by atoms with Crippen molar-refractivity contribution in [3.8, 4) is 5.75 Å². The molecule has 0 bridgehead atoms. The molecule has 0 aliphatic heterocycles. The van der Waals surface area contributed by atoms with Gasteiger partial charge in [0.05, 0.1) is 0 Å². The molecule has 2 aromatic carbocycles. The van der Waals surface area contributed by atoms with Crippen molar-refractivity contribution in [2.24, 2.45) is 0 Å². The highest BCUT2D eigenvalue weighted by molar-refractivity contribution is 5.91. The molecule has 0 aliphatic rings. The number of ether oxygens (including phenoxy) is 1. The Hall–Kier alpha value is -3.08. The van der Waals surface area contributed by atoms with Crippen molar-refractivity contribution in [2.45, 2.75) is 26.5 Å². The Morgan fingerprint density at radius 3 is 2.33 bits per heavy atom. The lowest BCUT2D eigenvalue weighted by Gasteiger charge is -2.16. The highest BCUT2D eigenvalue weighted by atomic mass is 19.1. The minimum atomic E-state index is -0.319. The van der Waals surface area contributed by atoms with Crippen molar-refractivity contribution in [3.05, 3.63) is 89.1 Å². The van der Waals surface area contributed by atoms with Crippen molar-refractivity contribution in [3.63, 3.8) is 0 Å². The summed E-state index contributed by atoms with van der Waals surface area (Å²) in [6.45, 7) is 2.78. The Balaban J connectivity index is 1.57. The first-order chi connectivity index (χ1) is 13.0. The summed E-state index contributed by atoms with van der Waals surface area (Å²) >= 11 is 0. The van der Waals surface area contributed by atoms with Crippen LogP contribution < -0.4 is 4.74 Å². The second kappa shape index (κ2) is 8.54. The third kappa shape index (κ3) is 4.97. The van der Waals surface area contributed by atoms with Gasteiger partial charge in [0.2, 0.25) is 0 Å². The summed E-state index contributed by atoms with van der Waals surface area (Å²) in [5.41, 5.74) is 2.33. The molecule has 3 rings (SSSR count). The van der Waals surface area contributed by atoms with Crippen LogP contribution in [-0.2, 0) is 19.6 Å². The van der Waals surface area contributed by atoms with Gasteiger partial charge in [-0.05, 0) is 53.9 Å². The summed E-state index contributed by atoms with van der Waals surface area (Å²) in [5.74, 6) is 0.820. The van der Waals surface area contributed by atoms with Gasteiger partial charge in [-0.1, -0.05) is 31.2 Å². The van der Waals surface area contributed by atoms with E-state index in [0.29, 0.717) is 18.1 Å². The maximum Gasteiger partial charge on any atom is 0.289 e. The van der Waals surface area contributed by atoms with E-state index in [1.165, 1.54) is 17.7 Å². The average Bonchev–Trinajstić information content (AvgIpc) is 3.16. The molecule has 0 aliphatic carbocycles. The number of carbonyl (C=O) groups is 1. The number of aryl methyl sites for hydroxylation is 1. The van der Waals surface area contributed by atoms with Gasteiger partial charge in [-0.3, -0.25) is 4.79 Å². The number of halogens is 1. The van der Waals surface area contributed by atoms with Gasteiger partial charge in [-0.25, -0.2) is 4.39 Å². The first-order valence-electron chi connectivity index (χ1n) is 8.85. The first kappa shape index (κ1) is 18.7. The first-order valence-corrected chi connectivity index (χ1v) is 8.85. The van der Waals surface area contributed by atoms with Gasteiger partial charge in [-0.2, -0.15) is 0 Å². The predicted molar refractivity (Wildman–Crippen MR) is 101 cm³/mol. The molecule has 0 radical (unpaired) electrons. The SMILES string of the molecule is CCc1ccc(CN(C)C(=O)c2ccc(COc3ccc(F)cc3)o2)cc1. The van der Waals surface area contributed by atoms with Crippen LogP contribution in [0.25, 0.3) is 0 Å². The quantitative estimate of drug-likeness (QED) is 0.600. The standard InChI is InChI=1S/C22H22FNO3/c1-3-16-4-6-17(7-5-16)14-24(2)22(25)21-13-12-20(27-21)15-26-19-10-8-18(23)9-11-19/h4-13H,3,14-15H2,1-2H3. The van der Waals surface area contributed by atoms with Crippen LogP contribution in [0.2, 0.25) is 0 Å². The van der Waals surface area contributed by atoms with Crippen molar-refractivity contribution in [1.29, 1.82) is 0 Å². The van der Waals surface area contributed by atoms with E-state index in [2.05, 4.69) is 19.1 Å². The Morgan fingerprint density at radius 1 is 1.00 bits per heavy atom. The molecule has 3 aromatic rings. The summed E-state index contributed by atoms with van der Waals surface area (Å²) in [6.07, 6.45) is 0.990. The largest absolute Gasteiger partial charge is 0.486 e. The van der Waals surface area contributed by atoms with E-state index >= 15 is 0 Å². The van der Waals surface area contributed by atoms with Gasteiger partial charge in [0.25, 0.3) is 5.91 Å². The molecule has 0 spiro atoms. The fourth-order valence-electron chi connectivity index (χ4n) is 2.67. The number of nitrogens with zero attached hydrogens (tertiary/aromatic N) is 1. The monoisotopic (exact) mass is 367 g/mol. The minimum absolute atomic E-state index is 0.168. The zero-order chi connectivity index (χ0) is 19.2. The van der Waals surface area contributed by atoms with Gasteiger partial charge in [0.15, 0.2) is 5.76 Å². The second-order valence-corrected chi connectivity index (χ2v) is 6.34. The number of furan rings is 1. The van der Waals surface area contributed by atoms with E-state index in [0.717, 1.165) is 12.0 Å². The number of benzene rings is 2. The molecule has 27 heavy (non-hydrogen) atoms.